The molecule has 0 saturated carbocycles. The van der Waals surface area contributed by atoms with Gasteiger partial charge in [-0.25, -0.2) is 0 Å². The minimum absolute atomic E-state index is 0.201. The molecule has 2 aromatic rings. The third-order valence-electron chi connectivity index (χ3n) is 4.58. The molecule has 1 N–H and O–H groups in total. The molecule has 5 nitrogen and oxygen atoms in total. The Labute approximate surface area is 148 Å². The second-order valence-corrected chi connectivity index (χ2v) is 6.44. The molecule has 25 heavy (non-hydrogen) atoms. The molecular formula is C20H22N4O. The average molecular weight is 334 g/mol. The second kappa shape index (κ2) is 7.37. The topological polar surface area (TPSA) is 59.4 Å². The Morgan fingerprint density at radius 2 is 1.88 bits per heavy atom. The molecule has 1 saturated heterocycles. The fourth-order valence-corrected chi connectivity index (χ4v) is 2.97. The average Bonchev–Trinajstić information content (AvgIpc) is 2.64. The Hall–Kier alpha value is -2.84. The van der Waals surface area contributed by atoms with Crippen LogP contribution in [0.5, 0.6) is 0 Å². The number of benzene rings is 2. The molecule has 0 spiro atoms. The Balaban J connectivity index is 1.73. The van der Waals surface area contributed by atoms with Crippen LogP contribution >= 0.6 is 0 Å². The molecule has 3 rings (SSSR count). The van der Waals surface area contributed by atoms with Crippen molar-refractivity contribution in [1.29, 1.82) is 5.26 Å². The number of aryl methyl sites for hydroxylation is 1. The van der Waals surface area contributed by atoms with Gasteiger partial charge in [0.05, 0.1) is 11.6 Å². The monoisotopic (exact) mass is 334 g/mol. The van der Waals surface area contributed by atoms with E-state index in [1.807, 2.05) is 13.0 Å². The first-order valence-electron chi connectivity index (χ1n) is 8.42. The lowest BCUT2D eigenvalue weighted by Crippen LogP contribution is -2.44. The summed E-state index contributed by atoms with van der Waals surface area (Å²) in [6, 6.07) is 14.9. The van der Waals surface area contributed by atoms with E-state index in [0.29, 0.717) is 11.1 Å². The molecule has 0 aromatic heterocycles. The molecule has 0 atom stereocenters. The van der Waals surface area contributed by atoms with E-state index >= 15 is 0 Å². The minimum atomic E-state index is -0.201. The van der Waals surface area contributed by atoms with Crippen molar-refractivity contribution in [2.75, 3.05) is 43.4 Å². The van der Waals surface area contributed by atoms with Crippen LogP contribution in [0.3, 0.4) is 0 Å². The molecule has 1 amide bonds. The molecule has 1 heterocycles. The number of piperazine rings is 1. The Kier molecular flexibility index (Phi) is 5.01. The first kappa shape index (κ1) is 17.0. The molecular weight excluding hydrogens is 312 g/mol. The summed E-state index contributed by atoms with van der Waals surface area (Å²) in [5.41, 5.74) is 3.98. The van der Waals surface area contributed by atoms with E-state index in [0.717, 1.165) is 37.4 Å². The molecule has 1 aliphatic heterocycles. The molecule has 1 fully saturated rings. The lowest BCUT2D eigenvalue weighted by molar-refractivity contribution is 0.102. The van der Waals surface area contributed by atoms with Crippen molar-refractivity contribution in [2.24, 2.45) is 0 Å². The summed E-state index contributed by atoms with van der Waals surface area (Å²) in [7, 11) is 2.14. The van der Waals surface area contributed by atoms with Crippen LogP contribution in [-0.2, 0) is 0 Å². The molecule has 0 aliphatic carbocycles. The second-order valence-electron chi connectivity index (χ2n) is 6.44. The van der Waals surface area contributed by atoms with E-state index in [2.05, 4.69) is 40.4 Å². The number of nitriles is 1. The number of nitrogens with one attached hydrogen (secondary N) is 1. The van der Waals surface area contributed by atoms with Gasteiger partial charge in [-0.2, -0.15) is 5.26 Å². The maximum Gasteiger partial charge on any atom is 0.255 e. The number of anilines is 2. The Morgan fingerprint density at radius 1 is 1.12 bits per heavy atom. The predicted molar refractivity (Wildman–Crippen MR) is 100.0 cm³/mol. The molecule has 0 unspecified atom stereocenters. The standard InChI is InChI=1S/C20H22N4O/c1-15-12-18(24-10-8-23(2)9-11-24)6-7-19(15)22-20(25)17-5-3-4-16(13-17)14-21/h3-7,12-13H,8-11H2,1-2H3,(H,22,25). The fraction of sp³-hybridized carbons (Fsp3) is 0.300. The van der Waals surface area contributed by atoms with Crippen LogP contribution < -0.4 is 10.2 Å². The van der Waals surface area contributed by atoms with Gasteiger partial charge in [0.15, 0.2) is 0 Å². The van der Waals surface area contributed by atoms with Crippen molar-refractivity contribution in [3.8, 4) is 6.07 Å². The van der Waals surface area contributed by atoms with Crippen LogP contribution in [0, 0.1) is 18.3 Å². The zero-order valence-corrected chi connectivity index (χ0v) is 14.6. The van der Waals surface area contributed by atoms with Gasteiger partial charge in [0.2, 0.25) is 0 Å². The highest BCUT2D eigenvalue weighted by atomic mass is 16.1. The van der Waals surface area contributed by atoms with Crippen molar-refractivity contribution >= 4 is 17.3 Å². The summed E-state index contributed by atoms with van der Waals surface area (Å²) in [5.74, 6) is -0.201. The van der Waals surface area contributed by atoms with Crippen LogP contribution in [0.4, 0.5) is 11.4 Å². The number of likely N-dealkylation sites (N-methyl/N-ethyl adjacent to an activating group) is 1. The van der Waals surface area contributed by atoms with Crippen molar-refractivity contribution < 1.29 is 4.79 Å². The van der Waals surface area contributed by atoms with E-state index in [-0.39, 0.29) is 5.91 Å². The maximum atomic E-state index is 12.4. The van der Waals surface area contributed by atoms with Crippen LogP contribution in [-0.4, -0.2) is 44.0 Å². The van der Waals surface area contributed by atoms with E-state index in [1.165, 1.54) is 5.69 Å². The normalized spacial score (nSPS) is 14.8. The highest BCUT2D eigenvalue weighted by Crippen LogP contribution is 2.24. The van der Waals surface area contributed by atoms with Gasteiger partial charge in [0.25, 0.3) is 5.91 Å². The van der Waals surface area contributed by atoms with Gasteiger partial charge < -0.3 is 15.1 Å². The lowest BCUT2D eigenvalue weighted by Gasteiger charge is -2.34. The summed E-state index contributed by atoms with van der Waals surface area (Å²) in [5, 5.41) is 11.9. The smallest absolute Gasteiger partial charge is 0.255 e. The van der Waals surface area contributed by atoms with E-state index in [1.54, 1.807) is 24.3 Å². The van der Waals surface area contributed by atoms with Crippen LogP contribution in [0.25, 0.3) is 0 Å². The van der Waals surface area contributed by atoms with Crippen molar-refractivity contribution in [1.82, 2.24) is 4.90 Å². The number of hydrogen-bond donors (Lipinski definition) is 1. The highest BCUT2D eigenvalue weighted by Gasteiger charge is 2.15. The minimum Gasteiger partial charge on any atom is -0.369 e. The summed E-state index contributed by atoms with van der Waals surface area (Å²) < 4.78 is 0. The third kappa shape index (κ3) is 3.98. The Morgan fingerprint density at radius 3 is 2.56 bits per heavy atom. The predicted octanol–water partition coefficient (Wildman–Crippen LogP) is 2.87. The number of hydrogen-bond acceptors (Lipinski definition) is 4. The molecule has 5 heteroatoms. The van der Waals surface area contributed by atoms with Crippen molar-refractivity contribution in [2.45, 2.75) is 6.92 Å². The van der Waals surface area contributed by atoms with Gasteiger partial charge >= 0.3 is 0 Å². The first-order chi connectivity index (χ1) is 12.1. The van der Waals surface area contributed by atoms with E-state index in [4.69, 9.17) is 5.26 Å². The summed E-state index contributed by atoms with van der Waals surface area (Å²) >= 11 is 0. The number of nitrogens with zero attached hydrogens (tertiary/aromatic N) is 3. The zero-order chi connectivity index (χ0) is 17.8. The fourth-order valence-electron chi connectivity index (χ4n) is 2.97. The quantitative estimate of drug-likeness (QED) is 0.938. The van der Waals surface area contributed by atoms with Gasteiger partial charge in [-0.1, -0.05) is 6.07 Å². The molecule has 0 radical (unpaired) electrons. The third-order valence-corrected chi connectivity index (χ3v) is 4.58. The highest BCUT2D eigenvalue weighted by molar-refractivity contribution is 6.04. The summed E-state index contributed by atoms with van der Waals surface area (Å²) in [4.78, 5) is 17.1. The summed E-state index contributed by atoms with van der Waals surface area (Å²) in [6.07, 6.45) is 0. The summed E-state index contributed by atoms with van der Waals surface area (Å²) in [6.45, 7) is 6.16. The van der Waals surface area contributed by atoms with E-state index in [9.17, 15) is 4.79 Å². The first-order valence-corrected chi connectivity index (χ1v) is 8.42. The lowest BCUT2D eigenvalue weighted by atomic mass is 10.1. The maximum absolute atomic E-state index is 12.4. The van der Waals surface area contributed by atoms with Crippen LogP contribution in [0.1, 0.15) is 21.5 Å². The number of carbonyl (C=O) groups is 1. The van der Waals surface area contributed by atoms with Crippen molar-refractivity contribution in [3.05, 3.63) is 59.2 Å². The van der Waals surface area contributed by atoms with Crippen LogP contribution in [0.2, 0.25) is 0 Å². The SMILES string of the molecule is Cc1cc(N2CCN(C)CC2)ccc1NC(=O)c1cccc(C#N)c1. The van der Waals surface area contributed by atoms with E-state index < -0.39 is 0 Å². The molecule has 0 bridgehead atoms. The van der Waals surface area contributed by atoms with Gasteiger partial charge in [-0.05, 0) is 55.9 Å². The molecule has 128 valence electrons. The Bertz CT molecular complexity index is 817. The van der Waals surface area contributed by atoms with Gasteiger partial charge in [0.1, 0.15) is 0 Å². The van der Waals surface area contributed by atoms with Gasteiger partial charge in [-0.3, -0.25) is 4.79 Å². The van der Waals surface area contributed by atoms with Crippen LogP contribution in [0.15, 0.2) is 42.5 Å². The largest absolute Gasteiger partial charge is 0.369 e. The number of amides is 1. The van der Waals surface area contributed by atoms with Gasteiger partial charge in [0, 0.05) is 43.1 Å². The number of carbonyl (C=O) groups excluding carboxylic acids is 1. The molecule has 2 aromatic carbocycles. The zero-order valence-electron chi connectivity index (χ0n) is 14.6. The number of rotatable bonds is 3. The van der Waals surface area contributed by atoms with Crippen molar-refractivity contribution in [3.63, 3.8) is 0 Å². The van der Waals surface area contributed by atoms with Gasteiger partial charge in [-0.15, -0.1) is 0 Å². The molecule has 1 aliphatic rings.